The molecule has 0 saturated heterocycles. The van der Waals surface area contributed by atoms with E-state index in [1.807, 2.05) is 84.9 Å². The monoisotopic (exact) mass is 489 g/mol. The maximum atomic E-state index is 13.2. The zero-order chi connectivity index (χ0) is 25.6. The number of rotatable bonds is 8. The van der Waals surface area contributed by atoms with Gasteiger partial charge in [0.05, 0.1) is 23.6 Å². The molecular formula is C31H27N3O3. The normalized spacial score (nSPS) is 14.6. The number of benzene rings is 4. The molecule has 0 saturated carbocycles. The second-order valence-corrected chi connectivity index (χ2v) is 8.69. The second-order valence-electron chi connectivity index (χ2n) is 8.69. The molecule has 1 atom stereocenters. The molecule has 0 aromatic heterocycles. The number of para-hydroxylation sites is 1. The van der Waals surface area contributed by atoms with Crippen LogP contribution in [0.1, 0.15) is 39.9 Å². The number of carbonyl (C=O) groups is 2. The summed E-state index contributed by atoms with van der Waals surface area (Å²) in [5.74, 6) is -1.20. The Hall–Kier alpha value is -4.71. The van der Waals surface area contributed by atoms with E-state index >= 15 is 0 Å². The third-order valence-corrected chi connectivity index (χ3v) is 6.19. The Morgan fingerprint density at radius 1 is 0.892 bits per heavy atom. The first-order valence-corrected chi connectivity index (χ1v) is 12.3. The van der Waals surface area contributed by atoms with E-state index < -0.39 is 11.9 Å². The molecule has 2 N–H and O–H groups in total. The molecule has 1 amide bonds. The van der Waals surface area contributed by atoms with Gasteiger partial charge in [0.15, 0.2) is 0 Å². The van der Waals surface area contributed by atoms with Crippen LogP contribution in [0.4, 0.5) is 17.1 Å². The highest BCUT2D eigenvalue weighted by Gasteiger charge is 2.36. The average Bonchev–Trinajstić information content (AvgIpc) is 3.27. The lowest BCUT2D eigenvalue weighted by molar-refractivity contribution is -0.115. The van der Waals surface area contributed by atoms with Gasteiger partial charge in [0.1, 0.15) is 5.92 Å². The van der Waals surface area contributed by atoms with Crippen molar-refractivity contribution in [2.45, 2.75) is 19.4 Å². The summed E-state index contributed by atoms with van der Waals surface area (Å²) >= 11 is 0. The van der Waals surface area contributed by atoms with Crippen LogP contribution in [-0.4, -0.2) is 24.2 Å². The van der Waals surface area contributed by atoms with Gasteiger partial charge in [-0.15, -0.1) is 0 Å². The molecule has 1 heterocycles. The van der Waals surface area contributed by atoms with Gasteiger partial charge in [0, 0.05) is 17.9 Å². The van der Waals surface area contributed by atoms with Crippen molar-refractivity contribution in [3.05, 3.63) is 125 Å². The van der Waals surface area contributed by atoms with Gasteiger partial charge in [-0.05, 0) is 60.0 Å². The van der Waals surface area contributed by atoms with Crippen LogP contribution in [0, 0.1) is 0 Å². The Balaban J connectivity index is 1.45. The van der Waals surface area contributed by atoms with Crippen LogP contribution in [-0.2, 0) is 16.1 Å². The molecule has 5 rings (SSSR count). The maximum absolute atomic E-state index is 13.2. The van der Waals surface area contributed by atoms with Crippen molar-refractivity contribution in [3.63, 3.8) is 0 Å². The molecule has 0 spiro atoms. The van der Waals surface area contributed by atoms with E-state index in [0.29, 0.717) is 23.5 Å². The van der Waals surface area contributed by atoms with Crippen molar-refractivity contribution in [1.82, 2.24) is 0 Å². The van der Waals surface area contributed by atoms with Gasteiger partial charge in [0.2, 0.25) is 5.91 Å². The number of hydrogen-bond donors (Lipinski definition) is 2. The number of esters is 1. The van der Waals surface area contributed by atoms with Gasteiger partial charge >= 0.3 is 5.97 Å². The van der Waals surface area contributed by atoms with Gasteiger partial charge in [-0.2, -0.15) is 0 Å². The van der Waals surface area contributed by atoms with Crippen molar-refractivity contribution >= 4 is 34.7 Å². The molecule has 6 heteroatoms. The van der Waals surface area contributed by atoms with E-state index in [1.54, 1.807) is 25.1 Å². The number of amides is 1. The molecule has 37 heavy (non-hydrogen) atoms. The van der Waals surface area contributed by atoms with Crippen LogP contribution in [0.15, 0.2) is 108 Å². The summed E-state index contributed by atoms with van der Waals surface area (Å²) in [6.45, 7) is 2.75. The molecule has 0 bridgehead atoms. The van der Waals surface area contributed by atoms with Crippen LogP contribution in [0.25, 0.3) is 0 Å². The van der Waals surface area contributed by atoms with E-state index in [-0.39, 0.29) is 12.5 Å². The fraction of sp³-hybridized carbons (Fsp3) is 0.129. The highest BCUT2D eigenvalue weighted by atomic mass is 16.5. The summed E-state index contributed by atoms with van der Waals surface area (Å²) in [7, 11) is 0. The first-order chi connectivity index (χ1) is 18.1. The molecule has 1 unspecified atom stereocenters. The number of nitrogens with one attached hydrogen (secondary N) is 2. The number of hydrogen-bond acceptors (Lipinski definition) is 5. The van der Waals surface area contributed by atoms with Gasteiger partial charge in [0.25, 0.3) is 0 Å². The Kier molecular flexibility index (Phi) is 7.08. The maximum Gasteiger partial charge on any atom is 0.338 e. The molecule has 1 aliphatic rings. The van der Waals surface area contributed by atoms with E-state index in [9.17, 15) is 9.59 Å². The van der Waals surface area contributed by atoms with Crippen molar-refractivity contribution in [1.29, 1.82) is 0 Å². The molecule has 0 fully saturated rings. The highest BCUT2D eigenvalue weighted by Crippen LogP contribution is 2.37. The van der Waals surface area contributed by atoms with Gasteiger partial charge in [-0.1, -0.05) is 66.7 Å². The Morgan fingerprint density at radius 2 is 1.59 bits per heavy atom. The van der Waals surface area contributed by atoms with Crippen molar-refractivity contribution < 1.29 is 14.3 Å². The van der Waals surface area contributed by atoms with E-state index in [2.05, 4.69) is 10.6 Å². The largest absolute Gasteiger partial charge is 0.462 e. The number of ether oxygens (including phenoxy) is 1. The summed E-state index contributed by atoms with van der Waals surface area (Å²) in [5.41, 5.74) is 6.24. The van der Waals surface area contributed by atoms with Crippen molar-refractivity contribution in [2.24, 2.45) is 4.99 Å². The molecule has 4 aromatic carbocycles. The molecule has 0 radical (unpaired) electrons. The molecule has 0 aliphatic carbocycles. The minimum absolute atomic E-state index is 0.178. The zero-order valence-electron chi connectivity index (χ0n) is 20.5. The number of anilines is 2. The minimum atomic E-state index is -0.604. The van der Waals surface area contributed by atoms with E-state index in [1.165, 1.54) is 0 Å². The predicted octanol–water partition coefficient (Wildman–Crippen LogP) is 6.33. The Labute approximate surface area is 216 Å². The minimum Gasteiger partial charge on any atom is -0.462 e. The molecular weight excluding hydrogens is 462 g/mol. The van der Waals surface area contributed by atoms with Crippen LogP contribution in [0.3, 0.4) is 0 Å². The van der Waals surface area contributed by atoms with Gasteiger partial charge in [-0.25, -0.2) is 4.79 Å². The lowest BCUT2D eigenvalue weighted by Gasteiger charge is -2.14. The predicted molar refractivity (Wildman–Crippen MR) is 147 cm³/mol. The fourth-order valence-electron chi connectivity index (χ4n) is 4.37. The topological polar surface area (TPSA) is 79.8 Å². The van der Waals surface area contributed by atoms with Crippen molar-refractivity contribution in [3.8, 4) is 0 Å². The summed E-state index contributed by atoms with van der Waals surface area (Å²) in [6.07, 6.45) is 0. The van der Waals surface area contributed by atoms with Gasteiger partial charge < -0.3 is 15.4 Å². The summed E-state index contributed by atoms with van der Waals surface area (Å²) in [5, 5.41) is 6.33. The Morgan fingerprint density at radius 3 is 2.30 bits per heavy atom. The third kappa shape index (κ3) is 5.43. The number of fused-ring (bicyclic) bond motifs is 1. The molecule has 4 aromatic rings. The molecule has 184 valence electrons. The lowest BCUT2D eigenvalue weighted by Crippen LogP contribution is -2.21. The van der Waals surface area contributed by atoms with Crippen molar-refractivity contribution in [2.75, 3.05) is 17.2 Å². The summed E-state index contributed by atoms with van der Waals surface area (Å²) in [6, 6.07) is 32.9. The van der Waals surface area contributed by atoms with Crippen LogP contribution in [0.2, 0.25) is 0 Å². The van der Waals surface area contributed by atoms with Crippen LogP contribution >= 0.6 is 0 Å². The first-order valence-electron chi connectivity index (χ1n) is 12.3. The van der Waals surface area contributed by atoms with E-state index in [0.717, 1.165) is 28.1 Å². The Bertz CT molecular complexity index is 1430. The SMILES string of the molecule is CCOC(=O)c1ccc2c(c1)NC(=O)C2C(=Nc1ccc(CNc2ccccc2)cc1)c1ccccc1. The smallest absolute Gasteiger partial charge is 0.338 e. The van der Waals surface area contributed by atoms with Gasteiger partial charge in [-0.3, -0.25) is 9.79 Å². The van der Waals surface area contributed by atoms with Crippen LogP contribution in [0.5, 0.6) is 0 Å². The van der Waals surface area contributed by atoms with E-state index in [4.69, 9.17) is 9.73 Å². The molecule has 6 nitrogen and oxygen atoms in total. The number of carbonyl (C=O) groups excluding carboxylic acids is 2. The zero-order valence-corrected chi connectivity index (χ0v) is 20.5. The lowest BCUT2D eigenvalue weighted by atomic mass is 9.90. The second kappa shape index (κ2) is 10.9. The third-order valence-electron chi connectivity index (χ3n) is 6.19. The highest BCUT2D eigenvalue weighted by molar-refractivity contribution is 6.24. The fourth-order valence-corrected chi connectivity index (χ4v) is 4.37. The standard InChI is InChI=1S/C31H27N3O3/c1-2-37-31(36)23-15-18-26-27(19-23)34-30(35)28(26)29(22-9-5-3-6-10-22)33-25-16-13-21(14-17-25)20-32-24-11-7-4-8-12-24/h3-19,28,32H,2,20H2,1H3,(H,34,35). The molecule has 1 aliphatic heterocycles. The number of aliphatic imine (C=N–C) groups is 1. The van der Waals surface area contributed by atoms with Crippen LogP contribution < -0.4 is 10.6 Å². The summed E-state index contributed by atoms with van der Waals surface area (Å²) in [4.78, 5) is 30.3. The number of nitrogens with zero attached hydrogens (tertiary/aromatic N) is 1. The quantitative estimate of drug-likeness (QED) is 0.224. The average molecular weight is 490 g/mol. The first kappa shape index (κ1) is 24.0. The summed E-state index contributed by atoms with van der Waals surface area (Å²) < 4.78 is 5.11.